The highest BCUT2D eigenvalue weighted by Crippen LogP contribution is 2.44. The maximum Gasteiger partial charge on any atom is 0.165 e. The molecule has 122 valence electrons. The highest BCUT2D eigenvalue weighted by Gasteiger charge is 2.35. The molecular formula is C20H20N2O2. The third kappa shape index (κ3) is 1.83. The second-order valence-electron chi connectivity index (χ2n) is 6.76. The Morgan fingerprint density at radius 3 is 2.92 bits per heavy atom. The Morgan fingerprint density at radius 1 is 1.17 bits per heavy atom. The second kappa shape index (κ2) is 5.02. The smallest absolute Gasteiger partial charge is 0.165 e. The van der Waals surface area contributed by atoms with Gasteiger partial charge in [0.25, 0.3) is 0 Å². The maximum atomic E-state index is 10.1. The Labute approximate surface area is 140 Å². The minimum Gasteiger partial charge on any atom is -0.504 e. The number of aromatic amines is 1. The van der Waals surface area contributed by atoms with Gasteiger partial charge in [-0.15, -0.1) is 0 Å². The number of hydrogen-bond donors (Lipinski definition) is 2. The zero-order valence-corrected chi connectivity index (χ0v) is 13.7. The highest BCUT2D eigenvalue weighted by atomic mass is 16.5. The molecule has 0 saturated heterocycles. The molecule has 4 nitrogen and oxygen atoms in total. The van der Waals surface area contributed by atoms with Gasteiger partial charge in [-0.2, -0.15) is 0 Å². The third-order valence-corrected chi connectivity index (χ3v) is 5.58. The first-order chi connectivity index (χ1) is 11.8. The van der Waals surface area contributed by atoms with Crippen molar-refractivity contribution in [3.8, 4) is 11.5 Å². The Kier molecular flexibility index (Phi) is 2.91. The average molecular weight is 320 g/mol. The second-order valence-corrected chi connectivity index (χ2v) is 6.76. The van der Waals surface area contributed by atoms with Crippen molar-refractivity contribution in [3.05, 3.63) is 58.8 Å². The fraction of sp³-hybridized carbons (Fsp3) is 0.300. The summed E-state index contributed by atoms with van der Waals surface area (Å²) in [5, 5.41) is 11.4. The molecule has 1 aromatic heterocycles. The van der Waals surface area contributed by atoms with Crippen molar-refractivity contribution in [1.82, 2.24) is 9.88 Å². The number of hydrogen-bond acceptors (Lipinski definition) is 3. The lowest BCUT2D eigenvalue weighted by Crippen LogP contribution is -2.39. The number of rotatable bonds is 1. The summed E-state index contributed by atoms with van der Waals surface area (Å²) in [5.74, 6) is 0.867. The van der Waals surface area contributed by atoms with Crippen LogP contribution in [0.3, 0.4) is 0 Å². The molecule has 0 saturated carbocycles. The van der Waals surface area contributed by atoms with Gasteiger partial charge in [-0.25, -0.2) is 0 Å². The van der Waals surface area contributed by atoms with Gasteiger partial charge in [0.05, 0.1) is 13.2 Å². The lowest BCUT2D eigenvalue weighted by molar-refractivity contribution is 0.155. The van der Waals surface area contributed by atoms with Crippen molar-refractivity contribution < 1.29 is 9.84 Å². The zero-order chi connectivity index (χ0) is 16.3. The number of para-hydroxylation sites is 1. The third-order valence-electron chi connectivity index (χ3n) is 5.58. The number of methoxy groups -OCH3 is 1. The Hall–Kier alpha value is -2.46. The van der Waals surface area contributed by atoms with E-state index in [0.29, 0.717) is 11.8 Å². The molecule has 5 rings (SSSR count). The average Bonchev–Trinajstić information content (AvgIpc) is 2.99. The normalized spacial score (nSPS) is 19.6. The maximum absolute atomic E-state index is 10.1. The summed E-state index contributed by atoms with van der Waals surface area (Å²) >= 11 is 0. The first kappa shape index (κ1) is 13.9. The van der Waals surface area contributed by atoms with Crippen LogP contribution in [0.1, 0.15) is 28.4 Å². The van der Waals surface area contributed by atoms with Crippen molar-refractivity contribution in [2.75, 3.05) is 13.7 Å². The molecule has 2 aromatic carbocycles. The summed E-state index contributed by atoms with van der Waals surface area (Å²) in [7, 11) is 1.63. The van der Waals surface area contributed by atoms with Crippen LogP contribution in [-0.4, -0.2) is 28.6 Å². The molecule has 2 aliphatic heterocycles. The van der Waals surface area contributed by atoms with Crippen LogP contribution >= 0.6 is 0 Å². The number of ether oxygens (including phenoxy) is 1. The predicted molar refractivity (Wildman–Crippen MR) is 93.5 cm³/mol. The first-order valence-electron chi connectivity index (χ1n) is 8.47. The van der Waals surface area contributed by atoms with Gasteiger partial charge in [-0.05, 0) is 36.1 Å². The fourth-order valence-electron chi connectivity index (χ4n) is 4.45. The Morgan fingerprint density at radius 2 is 2.04 bits per heavy atom. The van der Waals surface area contributed by atoms with Gasteiger partial charge in [0.15, 0.2) is 11.5 Å². The summed E-state index contributed by atoms with van der Waals surface area (Å²) < 4.78 is 5.46. The number of aromatic hydroxyl groups is 1. The number of fused-ring (bicyclic) bond motifs is 6. The highest BCUT2D eigenvalue weighted by molar-refractivity contribution is 5.85. The van der Waals surface area contributed by atoms with Crippen LogP contribution in [0.5, 0.6) is 11.5 Å². The molecule has 0 aliphatic carbocycles. The van der Waals surface area contributed by atoms with E-state index < -0.39 is 0 Å². The van der Waals surface area contributed by atoms with E-state index in [1.54, 1.807) is 13.2 Å². The minimum atomic E-state index is 0.234. The fourth-order valence-corrected chi connectivity index (χ4v) is 4.45. The molecule has 24 heavy (non-hydrogen) atoms. The van der Waals surface area contributed by atoms with E-state index in [-0.39, 0.29) is 5.75 Å². The molecule has 2 N–H and O–H groups in total. The summed E-state index contributed by atoms with van der Waals surface area (Å²) in [6.07, 6.45) is 2.01. The monoisotopic (exact) mass is 320 g/mol. The van der Waals surface area contributed by atoms with Crippen molar-refractivity contribution in [2.45, 2.75) is 25.4 Å². The van der Waals surface area contributed by atoms with Gasteiger partial charge in [-0.1, -0.05) is 24.3 Å². The van der Waals surface area contributed by atoms with E-state index in [4.69, 9.17) is 4.74 Å². The lowest BCUT2D eigenvalue weighted by atomic mass is 9.86. The number of nitrogens with one attached hydrogen (secondary N) is 1. The summed E-state index contributed by atoms with van der Waals surface area (Å²) in [6, 6.07) is 12.8. The summed E-state index contributed by atoms with van der Waals surface area (Å²) in [5.41, 5.74) is 6.48. The van der Waals surface area contributed by atoms with Crippen LogP contribution in [0.15, 0.2) is 36.4 Å². The van der Waals surface area contributed by atoms with Gasteiger partial charge in [0.2, 0.25) is 0 Å². The van der Waals surface area contributed by atoms with Crippen LogP contribution in [-0.2, 0) is 19.4 Å². The molecular weight excluding hydrogens is 300 g/mol. The molecule has 3 heterocycles. The van der Waals surface area contributed by atoms with E-state index in [0.717, 1.165) is 31.5 Å². The summed E-state index contributed by atoms with van der Waals surface area (Å²) in [4.78, 5) is 6.17. The van der Waals surface area contributed by atoms with Crippen molar-refractivity contribution in [2.24, 2.45) is 0 Å². The van der Waals surface area contributed by atoms with E-state index in [1.807, 2.05) is 6.07 Å². The number of phenolic OH excluding ortho intramolecular Hbond substituents is 1. The van der Waals surface area contributed by atoms with Crippen LogP contribution in [0.4, 0.5) is 0 Å². The molecule has 0 radical (unpaired) electrons. The quantitative estimate of drug-likeness (QED) is 0.721. The van der Waals surface area contributed by atoms with Crippen molar-refractivity contribution in [3.63, 3.8) is 0 Å². The van der Waals surface area contributed by atoms with Crippen molar-refractivity contribution in [1.29, 1.82) is 0 Å². The lowest BCUT2D eigenvalue weighted by Gasteiger charge is -2.40. The molecule has 2 aliphatic rings. The molecule has 0 unspecified atom stereocenters. The van der Waals surface area contributed by atoms with E-state index in [2.05, 4.69) is 34.1 Å². The largest absolute Gasteiger partial charge is 0.504 e. The van der Waals surface area contributed by atoms with E-state index in [1.165, 1.54) is 27.7 Å². The van der Waals surface area contributed by atoms with Crippen LogP contribution in [0.25, 0.3) is 10.9 Å². The summed E-state index contributed by atoms with van der Waals surface area (Å²) in [6.45, 7) is 1.87. The standard InChI is InChI=1S/C20H20N2O2/c1-24-20-15-11-22-9-8-14-13-4-2-3-5-16(13)21-19(14)17(22)10-12(15)6-7-18(20)23/h2-7,17,21,23H,8-11H2,1H3/t17-/m0/s1. The molecule has 0 spiro atoms. The first-order valence-corrected chi connectivity index (χ1v) is 8.47. The van der Waals surface area contributed by atoms with Gasteiger partial charge in [0, 0.05) is 35.2 Å². The van der Waals surface area contributed by atoms with Gasteiger partial charge >= 0.3 is 0 Å². The Bertz CT molecular complexity index is 944. The number of nitrogens with zero attached hydrogens (tertiary/aromatic N) is 1. The number of H-pyrrole nitrogens is 1. The van der Waals surface area contributed by atoms with Gasteiger partial charge in [0.1, 0.15) is 0 Å². The van der Waals surface area contributed by atoms with Crippen LogP contribution < -0.4 is 4.74 Å². The number of aromatic nitrogens is 1. The van der Waals surface area contributed by atoms with Crippen LogP contribution in [0.2, 0.25) is 0 Å². The molecule has 3 aromatic rings. The molecule has 0 fully saturated rings. The minimum absolute atomic E-state index is 0.234. The van der Waals surface area contributed by atoms with E-state index >= 15 is 0 Å². The van der Waals surface area contributed by atoms with Crippen LogP contribution in [0, 0.1) is 0 Å². The van der Waals surface area contributed by atoms with Crippen molar-refractivity contribution >= 4 is 10.9 Å². The number of benzene rings is 2. The molecule has 0 bridgehead atoms. The SMILES string of the molecule is COc1c(O)ccc2c1CN1CCc3c([nH]c4ccccc34)[C@@H]1C2. The molecule has 0 amide bonds. The van der Waals surface area contributed by atoms with Gasteiger partial charge < -0.3 is 14.8 Å². The van der Waals surface area contributed by atoms with Gasteiger partial charge in [-0.3, -0.25) is 4.90 Å². The predicted octanol–water partition coefficient (Wildman–Crippen LogP) is 3.54. The number of phenols is 1. The molecule has 4 heteroatoms. The van der Waals surface area contributed by atoms with E-state index in [9.17, 15) is 5.11 Å². The molecule has 1 atom stereocenters. The zero-order valence-electron chi connectivity index (χ0n) is 13.7. The topological polar surface area (TPSA) is 48.5 Å². The Balaban J connectivity index is 1.63.